The summed E-state index contributed by atoms with van der Waals surface area (Å²) in [6.45, 7) is 3.75. The topological polar surface area (TPSA) is 46.2 Å². The zero-order chi connectivity index (χ0) is 8.27. The van der Waals surface area contributed by atoms with Gasteiger partial charge in [-0.2, -0.15) is 0 Å². The molecule has 0 spiro atoms. The Morgan fingerprint density at radius 1 is 1.73 bits per heavy atom. The van der Waals surface area contributed by atoms with Crippen LogP contribution in [0.1, 0.15) is 0 Å². The van der Waals surface area contributed by atoms with E-state index in [-0.39, 0.29) is 5.76 Å². The second kappa shape index (κ2) is 3.25. The van der Waals surface area contributed by atoms with Gasteiger partial charge in [-0.15, -0.1) is 11.3 Å². The molecule has 0 radical (unpaired) electrons. The highest BCUT2D eigenvalue weighted by atomic mass is 32.1. The van der Waals surface area contributed by atoms with Gasteiger partial charge in [-0.25, -0.2) is 0 Å². The molecule has 1 heterocycles. The molecule has 1 aromatic rings. The van der Waals surface area contributed by atoms with Crippen molar-refractivity contribution in [3.8, 4) is 0 Å². The van der Waals surface area contributed by atoms with Gasteiger partial charge in [-0.3, -0.25) is 0 Å². The van der Waals surface area contributed by atoms with Gasteiger partial charge < -0.3 is 10.8 Å². The number of hydrogen-bond donors (Lipinski definition) is 2. The summed E-state index contributed by atoms with van der Waals surface area (Å²) in [5, 5.41) is 11.9. The Kier molecular flexibility index (Phi) is 2.33. The highest BCUT2D eigenvalue weighted by Gasteiger charge is 1.89. The second-order valence-electron chi connectivity index (χ2n) is 2.00. The van der Waals surface area contributed by atoms with Crippen molar-refractivity contribution in [3.63, 3.8) is 0 Å². The Labute approximate surface area is 68.6 Å². The fourth-order valence-corrected chi connectivity index (χ4v) is 1.42. The molecule has 0 aliphatic heterocycles. The maximum absolute atomic E-state index is 9.31. The molecule has 3 N–H and O–H groups in total. The van der Waals surface area contributed by atoms with Crippen LogP contribution in [0, 0.1) is 0 Å². The molecule has 0 aliphatic rings. The molecule has 0 saturated carbocycles. The molecule has 0 saturated heterocycles. The van der Waals surface area contributed by atoms with Crippen molar-refractivity contribution in [3.05, 3.63) is 33.5 Å². The smallest absolute Gasteiger partial charge is 0.125 e. The van der Waals surface area contributed by atoms with E-state index in [1.165, 1.54) is 23.6 Å². The third-order valence-corrected chi connectivity index (χ3v) is 2.05. The van der Waals surface area contributed by atoms with Gasteiger partial charge in [0.25, 0.3) is 0 Å². The van der Waals surface area contributed by atoms with Gasteiger partial charge in [-0.05, 0) is 23.7 Å². The number of hydrogen-bond acceptors (Lipinski definition) is 3. The lowest BCUT2D eigenvalue weighted by Crippen LogP contribution is -2.18. The zero-order valence-electron chi connectivity index (χ0n) is 5.95. The van der Waals surface area contributed by atoms with Crippen LogP contribution in [-0.4, -0.2) is 5.11 Å². The second-order valence-corrected chi connectivity index (χ2v) is 3.00. The molecule has 0 fully saturated rings. The molecule has 0 amide bonds. The Morgan fingerprint density at radius 2 is 2.45 bits per heavy atom. The summed E-state index contributed by atoms with van der Waals surface area (Å²) in [5.74, 6) is 0.166. The fraction of sp³-hybridized carbons (Fsp3) is 0. The quantitative estimate of drug-likeness (QED) is 0.632. The maximum atomic E-state index is 9.31. The Hall–Kier alpha value is -1.22. The number of nitrogens with two attached hydrogens (primary N) is 1. The fourth-order valence-electron chi connectivity index (χ4n) is 0.750. The molecule has 11 heavy (non-hydrogen) atoms. The number of rotatable bonds is 1. The van der Waals surface area contributed by atoms with E-state index in [2.05, 4.69) is 6.58 Å². The molecular formula is C8H9NOS. The van der Waals surface area contributed by atoms with E-state index < -0.39 is 0 Å². The zero-order valence-corrected chi connectivity index (χ0v) is 6.77. The molecule has 0 aromatic carbocycles. The van der Waals surface area contributed by atoms with E-state index in [1.54, 1.807) is 0 Å². The first-order valence-corrected chi connectivity index (χ1v) is 3.97. The Morgan fingerprint density at radius 3 is 2.91 bits per heavy atom. The molecule has 1 aromatic heterocycles. The van der Waals surface area contributed by atoms with E-state index in [9.17, 15) is 5.11 Å². The molecule has 0 aliphatic carbocycles. The average Bonchev–Trinajstić information content (AvgIpc) is 2.36. The molecule has 58 valence electrons. The monoisotopic (exact) mass is 167 g/mol. The molecular weight excluding hydrogens is 158 g/mol. The standard InChI is InChI=1S/C8H9NOS/c1-6-7(3-5-11-6)8(10)2-4-9/h2-5,10H,1,9H2/b4-2-,8-7+. The SMILES string of the molecule is C=c1scc/c1=C(O)/C=C\N. The lowest BCUT2D eigenvalue weighted by molar-refractivity contribution is 0.511. The van der Waals surface area contributed by atoms with Crippen LogP contribution >= 0.6 is 11.3 Å². The van der Waals surface area contributed by atoms with Crippen molar-refractivity contribution in [1.29, 1.82) is 0 Å². The molecule has 3 heteroatoms. The van der Waals surface area contributed by atoms with Crippen molar-refractivity contribution in [1.82, 2.24) is 0 Å². The van der Waals surface area contributed by atoms with E-state index >= 15 is 0 Å². The predicted molar refractivity (Wildman–Crippen MR) is 48.5 cm³/mol. The molecule has 0 unspecified atom stereocenters. The number of aliphatic hydroxyl groups excluding tert-OH is 1. The molecule has 2 nitrogen and oxygen atoms in total. The van der Waals surface area contributed by atoms with Crippen molar-refractivity contribution in [2.75, 3.05) is 0 Å². The lowest BCUT2D eigenvalue weighted by Gasteiger charge is -1.85. The minimum absolute atomic E-state index is 0.166. The first kappa shape index (κ1) is 7.88. The summed E-state index contributed by atoms with van der Waals surface area (Å²) in [4.78, 5) is 0. The van der Waals surface area contributed by atoms with Crippen LogP contribution in [0.25, 0.3) is 12.3 Å². The summed E-state index contributed by atoms with van der Waals surface area (Å²) in [6.07, 6.45) is 2.74. The van der Waals surface area contributed by atoms with E-state index in [4.69, 9.17) is 5.73 Å². The van der Waals surface area contributed by atoms with Crippen molar-refractivity contribution in [2.45, 2.75) is 0 Å². The highest BCUT2D eigenvalue weighted by Crippen LogP contribution is 1.87. The van der Waals surface area contributed by atoms with Gasteiger partial charge in [0.1, 0.15) is 5.76 Å². The van der Waals surface area contributed by atoms with E-state index in [1.807, 2.05) is 11.4 Å². The maximum Gasteiger partial charge on any atom is 0.125 e. The van der Waals surface area contributed by atoms with Gasteiger partial charge in [0, 0.05) is 9.75 Å². The van der Waals surface area contributed by atoms with Crippen LogP contribution in [0.15, 0.2) is 23.7 Å². The summed E-state index contributed by atoms with van der Waals surface area (Å²) < 4.78 is 0.848. The largest absolute Gasteiger partial charge is 0.507 e. The van der Waals surface area contributed by atoms with Crippen molar-refractivity contribution < 1.29 is 5.11 Å². The van der Waals surface area contributed by atoms with Crippen LogP contribution in [0.2, 0.25) is 0 Å². The van der Waals surface area contributed by atoms with Crippen LogP contribution in [0.5, 0.6) is 0 Å². The first-order valence-electron chi connectivity index (χ1n) is 3.09. The summed E-state index contributed by atoms with van der Waals surface area (Å²) >= 11 is 1.49. The van der Waals surface area contributed by atoms with Crippen LogP contribution in [-0.2, 0) is 0 Å². The van der Waals surface area contributed by atoms with Gasteiger partial charge in [-0.1, -0.05) is 6.58 Å². The van der Waals surface area contributed by atoms with Gasteiger partial charge in [0.05, 0.1) is 0 Å². The number of aliphatic hydroxyl groups is 1. The highest BCUT2D eigenvalue weighted by molar-refractivity contribution is 7.07. The first-order chi connectivity index (χ1) is 5.25. The normalized spacial score (nSPS) is 13.8. The minimum atomic E-state index is 0.166. The Balaban J connectivity index is 3.38. The van der Waals surface area contributed by atoms with Crippen molar-refractivity contribution in [2.24, 2.45) is 5.73 Å². The third-order valence-electron chi connectivity index (χ3n) is 1.28. The predicted octanol–water partition coefficient (Wildman–Crippen LogP) is 0.297. The average molecular weight is 167 g/mol. The number of thiophene rings is 1. The van der Waals surface area contributed by atoms with E-state index in [0.29, 0.717) is 0 Å². The van der Waals surface area contributed by atoms with Crippen LogP contribution in [0.4, 0.5) is 0 Å². The molecule has 0 atom stereocenters. The van der Waals surface area contributed by atoms with E-state index in [0.717, 1.165) is 9.75 Å². The van der Waals surface area contributed by atoms with Gasteiger partial charge >= 0.3 is 0 Å². The molecule has 1 rings (SSSR count). The Bertz CT molecular complexity index is 364. The van der Waals surface area contributed by atoms with Crippen molar-refractivity contribution >= 4 is 23.7 Å². The van der Waals surface area contributed by atoms with Gasteiger partial charge in [0.15, 0.2) is 0 Å². The van der Waals surface area contributed by atoms with Crippen LogP contribution < -0.4 is 15.5 Å². The third kappa shape index (κ3) is 1.62. The minimum Gasteiger partial charge on any atom is -0.507 e. The summed E-state index contributed by atoms with van der Waals surface area (Å²) in [5.41, 5.74) is 5.11. The van der Waals surface area contributed by atoms with Gasteiger partial charge in [0.2, 0.25) is 0 Å². The van der Waals surface area contributed by atoms with Crippen LogP contribution in [0.3, 0.4) is 0 Å². The molecule has 0 bridgehead atoms. The summed E-state index contributed by atoms with van der Waals surface area (Å²) in [6, 6.07) is 1.81. The lowest BCUT2D eigenvalue weighted by atomic mass is 10.3. The summed E-state index contributed by atoms with van der Waals surface area (Å²) in [7, 11) is 0.